The zero-order valence-corrected chi connectivity index (χ0v) is 74.3. The van der Waals surface area contributed by atoms with Crippen molar-refractivity contribution in [1.82, 2.24) is 13.7 Å². The first-order valence-electron chi connectivity index (χ1n) is 41.0. The van der Waals surface area contributed by atoms with Crippen LogP contribution in [0, 0.1) is 6.92 Å². The summed E-state index contributed by atoms with van der Waals surface area (Å²) in [4.78, 5) is 11.9. The molecule has 616 valence electrons. The number of alkyl halides is 2. The summed E-state index contributed by atoms with van der Waals surface area (Å²) >= 11 is 32.6. The minimum Gasteiger partial charge on any atom is -0.382 e. The molecule has 124 heavy (non-hydrogen) atoms. The Hall–Kier alpha value is -10.4. The molecule has 0 saturated carbocycles. The number of halogens is 9. The van der Waals surface area contributed by atoms with Crippen LogP contribution < -0.4 is 18.9 Å². The van der Waals surface area contributed by atoms with Gasteiger partial charge in [-0.05, 0) is 171 Å². The van der Waals surface area contributed by atoms with Gasteiger partial charge in [-0.3, -0.25) is 17.7 Å². The normalized spacial score (nSPS) is 12.9. The number of hydrogen-bond donors (Lipinski definition) is 1. The molecular formula is C106H86BBrCl5F3LiN3O4. The fraction of sp³-hybridized carbons (Fsp3) is 0.132. The fourth-order valence-corrected chi connectivity index (χ4v) is 18.7. The van der Waals surface area contributed by atoms with Crippen molar-refractivity contribution < 1.29 is 51.2 Å². The molecule has 0 unspecified atom stereocenters. The van der Waals surface area contributed by atoms with Crippen molar-refractivity contribution in [1.29, 1.82) is 0 Å². The van der Waals surface area contributed by atoms with Gasteiger partial charge in [-0.25, -0.2) is 0 Å². The van der Waals surface area contributed by atoms with Crippen LogP contribution in [0.1, 0.15) is 101 Å². The summed E-state index contributed by atoms with van der Waals surface area (Å²) in [6, 6.07) is 117. The van der Waals surface area contributed by atoms with E-state index in [0.717, 1.165) is 120 Å². The van der Waals surface area contributed by atoms with Crippen molar-refractivity contribution in [3.63, 3.8) is 0 Å². The molecule has 0 atom stereocenters. The van der Waals surface area contributed by atoms with E-state index >= 15 is 0 Å². The van der Waals surface area contributed by atoms with Gasteiger partial charge in [0.15, 0.2) is 5.78 Å². The summed E-state index contributed by atoms with van der Waals surface area (Å²) < 4.78 is 46.7. The molecule has 0 amide bonds. The first kappa shape index (κ1) is 89.9. The molecule has 7 nitrogen and oxygen atoms in total. The van der Waals surface area contributed by atoms with Gasteiger partial charge in [0.1, 0.15) is 5.60 Å². The van der Waals surface area contributed by atoms with Crippen LogP contribution >= 0.6 is 73.9 Å². The number of aromatic nitrogens is 3. The Morgan fingerprint density at radius 1 is 0.395 bits per heavy atom. The van der Waals surface area contributed by atoms with E-state index < -0.39 is 13.1 Å². The molecule has 2 aliphatic heterocycles. The molecule has 5 aliphatic rings. The second kappa shape index (κ2) is 40.7. The van der Waals surface area contributed by atoms with Crippen LogP contribution in [-0.4, -0.2) is 63.9 Å². The third kappa shape index (κ3) is 17.2. The van der Waals surface area contributed by atoms with Crippen molar-refractivity contribution in [2.75, 3.05) is 31.8 Å². The Morgan fingerprint density at radius 2 is 0.694 bits per heavy atom. The number of fused-ring (bicyclic) bond motifs is 24. The molecule has 1 N–H and O–H groups in total. The van der Waals surface area contributed by atoms with Crippen molar-refractivity contribution >= 4 is 153 Å². The van der Waals surface area contributed by atoms with Crippen molar-refractivity contribution in [2.24, 2.45) is 0 Å². The number of carbonyl (C=O) groups excluding carboxylic acids is 1. The molecule has 3 aromatic heterocycles. The van der Waals surface area contributed by atoms with Gasteiger partial charge in [-0.15, -0.1) is 23.2 Å². The monoisotopic (exact) mass is 1790 g/mol. The van der Waals surface area contributed by atoms with E-state index in [1.807, 2.05) is 141 Å². The van der Waals surface area contributed by atoms with Crippen molar-refractivity contribution in [3.05, 3.63) is 416 Å². The zero-order valence-electron chi connectivity index (χ0n) is 68.9. The first-order chi connectivity index (χ1) is 60.1. The maximum atomic E-state index is 12.6. The predicted molar refractivity (Wildman–Crippen MR) is 513 cm³/mol. The van der Waals surface area contributed by atoms with Crippen LogP contribution in [0.3, 0.4) is 0 Å². The third-order valence-corrected chi connectivity index (χ3v) is 24.1. The quantitative estimate of drug-likeness (QED) is 0.102. The smallest absolute Gasteiger partial charge is 0.382 e. The topological polar surface area (TPSA) is 70.6 Å². The Labute approximate surface area is 767 Å². The average molecular weight is 1800 g/mol. The number of benzene rings is 15. The first-order valence-corrected chi connectivity index (χ1v) is 44.0. The van der Waals surface area contributed by atoms with Gasteiger partial charge in [0, 0.05) is 106 Å². The maximum Gasteiger partial charge on any atom is 1.00 e. The standard InChI is InChI=1S/C31H20ClNO.C31H18ClN.C18H11BrClN.C13H8O.C4H8O.C4H10O.C4H9.CH2Cl2.BF3.Li/c32-20-17-18-27(31(34)25-13-5-1-9-21(25)22-10-2-6-14-26(22)31)30(19-20)33-28-15-7-3-11-23(28)24-12-4-8-16-29(24)33;32-19-16-17-26-29(18-19)33-28-15-6-3-10-22(28)23-11-7-14-27(30(23)33)31(26)24-12-4-1-8-20(24)21-9-2-5-13-25(21)31;19-15-10-9-12(20)11-18(15)21-16-7-3-1-5-13(16)14-6-2-4-8-17(14)21;14-13-11-7-3-1-5-9(11)10-6-2-4-8-12(10)13;1-2-4-5-3-1;1-3-5-4-2;1-3-4-2;2-1-3;2-1(3)4;/h1-19,34H;1-18H;1-11H;1-8H;1-4H2;3-4H2,1-2H3;1,3-4H2,2H3;1H2;;/q;;;;;;-1;;;+1. The SMILES string of the molecule is C1CCOC1.CCOCC.ClCCl.Clc1ccc(Br)c(-n2c3ccccc3c3ccccc32)c1.Clc1ccc2c(c1)-n1c3ccccc3c3cccc(c31)C21c2ccccc2-c2ccccc21.FB(F)F.O=C1c2ccccc2-c2ccccc21.OC1(c2ccc(Cl)cc2-n2c3ccccc3c3ccccc32)c2ccccc2-c2ccccc21.[CH2-]CCC.[Li+]. The molecule has 0 bridgehead atoms. The van der Waals surface area contributed by atoms with E-state index in [9.17, 15) is 22.8 Å². The maximum absolute atomic E-state index is 12.6. The van der Waals surface area contributed by atoms with Gasteiger partial charge < -0.3 is 35.2 Å². The molecule has 18 aromatic rings. The molecule has 5 heterocycles. The van der Waals surface area contributed by atoms with Crippen LogP contribution in [0.4, 0.5) is 12.9 Å². The number of aliphatic hydroxyl groups is 1. The van der Waals surface area contributed by atoms with Gasteiger partial charge >= 0.3 is 26.4 Å². The number of rotatable bonds is 6. The number of ketones is 1. The molecule has 3 aliphatic carbocycles. The Kier molecular flexibility index (Phi) is 29.5. The largest absolute Gasteiger partial charge is 1.00 e. The van der Waals surface area contributed by atoms with E-state index in [0.29, 0.717) is 5.02 Å². The summed E-state index contributed by atoms with van der Waals surface area (Å²) in [7, 11) is -3.67. The summed E-state index contributed by atoms with van der Waals surface area (Å²) in [6.07, 6.45) is 4.83. The van der Waals surface area contributed by atoms with Gasteiger partial charge in [0.25, 0.3) is 0 Å². The summed E-state index contributed by atoms with van der Waals surface area (Å²) in [5.74, 6) is 0.149. The van der Waals surface area contributed by atoms with E-state index in [2.05, 4.69) is 256 Å². The van der Waals surface area contributed by atoms with E-state index in [4.69, 9.17) is 67.5 Å². The fourth-order valence-electron chi connectivity index (χ4n) is 17.7. The Bertz CT molecular complexity index is 6610. The van der Waals surface area contributed by atoms with Crippen LogP contribution in [0.25, 0.3) is 116 Å². The number of unbranched alkanes of at least 4 members (excludes halogenated alkanes) is 1. The number of carbonyl (C=O) groups is 1. The number of ether oxygens (including phenoxy) is 2. The van der Waals surface area contributed by atoms with Gasteiger partial charge in [-0.2, -0.15) is 6.42 Å². The molecule has 18 heteroatoms. The van der Waals surface area contributed by atoms with Crippen molar-refractivity contribution in [2.45, 2.75) is 57.5 Å². The number of hydrogen-bond acceptors (Lipinski definition) is 4. The van der Waals surface area contributed by atoms with Gasteiger partial charge in [-0.1, -0.05) is 315 Å². The van der Waals surface area contributed by atoms with E-state index in [-0.39, 0.29) is 35.4 Å². The molecule has 15 aromatic carbocycles. The minimum absolute atomic E-state index is 0. The number of nitrogens with zero attached hydrogens (tertiary/aromatic N) is 3. The van der Waals surface area contributed by atoms with Gasteiger partial charge in [0.05, 0.1) is 60.9 Å². The summed E-state index contributed by atoms with van der Waals surface area (Å²) in [5, 5.41) is 22.3. The van der Waals surface area contributed by atoms with Crippen LogP contribution in [0.2, 0.25) is 15.1 Å². The summed E-state index contributed by atoms with van der Waals surface area (Å²) in [5.41, 5.74) is 24.9. The Morgan fingerprint density at radius 3 is 1.08 bits per heavy atom. The Balaban J connectivity index is 0.000000128. The molecular weight excluding hydrogens is 1710 g/mol. The predicted octanol–water partition coefficient (Wildman–Crippen LogP) is 27.7. The van der Waals surface area contributed by atoms with Crippen LogP contribution in [-0.2, 0) is 20.5 Å². The number of para-hydroxylation sites is 6. The zero-order chi connectivity index (χ0) is 85.9. The van der Waals surface area contributed by atoms with Crippen LogP contribution in [0.15, 0.2) is 344 Å². The molecule has 23 rings (SSSR count). The van der Waals surface area contributed by atoms with Gasteiger partial charge in [0.2, 0.25) is 0 Å². The van der Waals surface area contributed by atoms with Crippen LogP contribution in [0.5, 0.6) is 0 Å². The summed E-state index contributed by atoms with van der Waals surface area (Å²) in [6.45, 7) is 13.4. The average Bonchev–Trinajstić information content (AvgIpc) is 1.49. The molecule has 1 saturated heterocycles. The van der Waals surface area contributed by atoms with Crippen molar-refractivity contribution in [3.8, 4) is 50.4 Å². The molecule has 1 fully saturated rings. The second-order valence-corrected chi connectivity index (χ2v) is 32.6. The second-order valence-electron chi connectivity index (χ2n) is 29.6. The van der Waals surface area contributed by atoms with E-state index in [1.165, 1.54) is 113 Å². The third-order valence-electron chi connectivity index (χ3n) is 22.7. The minimum atomic E-state index is -3.67. The molecule has 0 radical (unpaired) electrons. The molecule has 1 spiro atoms. The van der Waals surface area contributed by atoms with E-state index in [1.54, 1.807) is 0 Å².